The molecule has 0 bridgehead atoms. The number of carboxylic acids is 1. The minimum Gasteiger partial charge on any atom is -0.477 e. The Balaban J connectivity index is 1.85. The molecule has 2 N–H and O–H groups in total. The number of fused-ring (bicyclic) bond motifs is 1. The fraction of sp³-hybridized carbons (Fsp3) is 0.130. The molecule has 0 radical (unpaired) electrons. The van der Waals surface area contributed by atoms with Gasteiger partial charge in [-0.1, -0.05) is 25.1 Å². The maximum Gasteiger partial charge on any atom is 0.341 e. The molecule has 1 atom stereocenters. The van der Waals surface area contributed by atoms with Crippen LogP contribution in [-0.4, -0.2) is 30.7 Å². The monoisotopic (exact) mass is 401 g/mol. The first-order valence-corrected chi connectivity index (χ1v) is 9.48. The highest BCUT2D eigenvalue weighted by molar-refractivity contribution is 5.92. The third-order valence-corrected chi connectivity index (χ3v) is 4.96. The number of hydrogen-bond acceptors (Lipinski definition) is 5. The summed E-state index contributed by atoms with van der Waals surface area (Å²) in [5.41, 5.74) is 2.48. The number of carboxylic acid groups (broad SMARTS) is 1. The van der Waals surface area contributed by atoms with Gasteiger partial charge in [-0.05, 0) is 42.3 Å². The lowest BCUT2D eigenvalue weighted by atomic mass is 10.1. The van der Waals surface area contributed by atoms with Crippen molar-refractivity contribution < 1.29 is 15.0 Å². The molecule has 30 heavy (non-hydrogen) atoms. The number of carbonyl (C=O) groups is 1. The summed E-state index contributed by atoms with van der Waals surface area (Å²) >= 11 is 0. The van der Waals surface area contributed by atoms with Crippen molar-refractivity contribution in [1.82, 2.24) is 14.5 Å². The van der Waals surface area contributed by atoms with Crippen LogP contribution < -0.4 is 5.43 Å². The summed E-state index contributed by atoms with van der Waals surface area (Å²) in [6.07, 6.45) is 4.54. The normalized spacial score (nSPS) is 12.1. The molecule has 4 aromatic rings. The van der Waals surface area contributed by atoms with Crippen molar-refractivity contribution in [2.45, 2.75) is 19.4 Å². The highest BCUT2D eigenvalue weighted by Crippen LogP contribution is 2.25. The number of benzene rings is 1. The number of aromatic carboxylic acids is 1. The summed E-state index contributed by atoms with van der Waals surface area (Å²) in [7, 11) is 0. The summed E-state index contributed by atoms with van der Waals surface area (Å²) in [5.74, 6) is -1.29. The zero-order valence-electron chi connectivity index (χ0n) is 16.2. The molecule has 1 aromatic carbocycles. The van der Waals surface area contributed by atoms with Crippen LogP contribution in [-0.2, 0) is 0 Å². The molecule has 0 fully saturated rings. The summed E-state index contributed by atoms with van der Waals surface area (Å²) in [4.78, 5) is 32.7. The van der Waals surface area contributed by atoms with E-state index in [2.05, 4.69) is 9.97 Å². The standard InChI is InChI=1S/C23H19N3O4/c1-2-20(27)19-9-8-15(12-25-19)14-5-3-6-16(11-14)26-13-18(23(29)30)21(28)17-7-4-10-24-22(17)26/h3-13,20,27H,2H2,1H3,(H,29,30). The number of hydrogen-bond donors (Lipinski definition) is 2. The molecule has 0 aliphatic heterocycles. The second-order valence-electron chi connectivity index (χ2n) is 6.87. The van der Waals surface area contributed by atoms with Gasteiger partial charge in [0.1, 0.15) is 11.2 Å². The van der Waals surface area contributed by atoms with Crippen LogP contribution >= 0.6 is 0 Å². The van der Waals surface area contributed by atoms with Crippen LogP contribution in [0.15, 0.2) is 71.9 Å². The molecular formula is C23H19N3O4. The summed E-state index contributed by atoms with van der Waals surface area (Å²) in [6, 6.07) is 14.3. The molecule has 4 rings (SSSR count). The molecule has 0 amide bonds. The van der Waals surface area contributed by atoms with Gasteiger partial charge in [0.25, 0.3) is 0 Å². The molecule has 0 saturated heterocycles. The fourth-order valence-electron chi connectivity index (χ4n) is 3.33. The number of rotatable bonds is 5. The Morgan fingerprint density at radius 3 is 2.63 bits per heavy atom. The number of aliphatic hydroxyl groups is 1. The topological polar surface area (TPSA) is 105 Å². The van der Waals surface area contributed by atoms with Crippen molar-refractivity contribution in [3.8, 4) is 16.8 Å². The average molecular weight is 401 g/mol. The van der Waals surface area contributed by atoms with Crippen LogP contribution in [0.5, 0.6) is 0 Å². The Morgan fingerprint density at radius 1 is 1.10 bits per heavy atom. The van der Waals surface area contributed by atoms with E-state index >= 15 is 0 Å². The number of aromatic nitrogens is 3. The lowest BCUT2D eigenvalue weighted by molar-refractivity contribution is 0.0695. The quantitative estimate of drug-likeness (QED) is 0.529. The van der Waals surface area contributed by atoms with E-state index in [-0.39, 0.29) is 10.9 Å². The lowest BCUT2D eigenvalue weighted by Gasteiger charge is -2.13. The Labute approximate surface area is 171 Å². The predicted octanol–water partition coefficient (Wildman–Crippen LogP) is 3.59. The van der Waals surface area contributed by atoms with E-state index in [1.165, 1.54) is 6.20 Å². The second kappa shape index (κ2) is 7.88. The number of pyridine rings is 3. The first kappa shape index (κ1) is 19.5. The Bertz CT molecular complexity index is 1300. The second-order valence-corrected chi connectivity index (χ2v) is 6.87. The van der Waals surface area contributed by atoms with Gasteiger partial charge in [-0.15, -0.1) is 0 Å². The largest absolute Gasteiger partial charge is 0.477 e. The molecule has 3 aromatic heterocycles. The average Bonchev–Trinajstić information content (AvgIpc) is 2.79. The maximum absolute atomic E-state index is 12.5. The molecule has 0 spiro atoms. The molecule has 3 heterocycles. The van der Waals surface area contributed by atoms with E-state index in [9.17, 15) is 19.8 Å². The summed E-state index contributed by atoms with van der Waals surface area (Å²) in [5, 5.41) is 19.6. The van der Waals surface area contributed by atoms with Crippen molar-refractivity contribution in [1.29, 1.82) is 0 Å². The van der Waals surface area contributed by atoms with Crippen LogP contribution in [0.25, 0.3) is 27.8 Å². The zero-order chi connectivity index (χ0) is 21.3. The Morgan fingerprint density at radius 2 is 1.93 bits per heavy atom. The molecule has 0 aliphatic carbocycles. The van der Waals surface area contributed by atoms with Crippen LogP contribution in [0, 0.1) is 0 Å². The first-order chi connectivity index (χ1) is 14.5. The maximum atomic E-state index is 12.5. The number of nitrogens with zero attached hydrogens (tertiary/aromatic N) is 3. The smallest absolute Gasteiger partial charge is 0.341 e. The predicted molar refractivity (Wildman–Crippen MR) is 113 cm³/mol. The van der Waals surface area contributed by atoms with E-state index < -0.39 is 17.5 Å². The van der Waals surface area contributed by atoms with E-state index in [1.807, 2.05) is 37.3 Å². The molecule has 0 aliphatic rings. The van der Waals surface area contributed by atoms with Gasteiger partial charge >= 0.3 is 5.97 Å². The van der Waals surface area contributed by atoms with Gasteiger partial charge in [-0.2, -0.15) is 0 Å². The molecule has 7 nitrogen and oxygen atoms in total. The van der Waals surface area contributed by atoms with Gasteiger partial charge in [0.2, 0.25) is 5.43 Å². The summed E-state index contributed by atoms with van der Waals surface area (Å²) in [6.45, 7) is 1.89. The van der Waals surface area contributed by atoms with Gasteiger partial charge < -0.3 is 14.8 Å². The van der Waals surface area contributed by atoms with Crippen molar-refractivity contribution in [3.05, 3.63) is 88.6 Å². The van der Waals surface area contributed by atoms with Crippen molar-refractivity contribution >= 4 is 17.0 Å². The van der Waals surface area contributed by atoms with Gasteiger partial charge in [0.05, 0.1) is 17.2 Å². The van der Waals surface area contributed by atoms with Gasteiger partial charge in [0.15, 0.2) is 0 Å². The highest BCUT2D eigenvalue weighted by Gasteiger charge is 2.16. The third-order valence-electron chi connectivity index (χ3n) is 4.96. The Kier molecular flexibility index (Phi) is 5.12. The van der Waals surface area contributed by atoms with Crippen molar-refractivity contribution in [3.63, 3.8) is 0 Å². The van der Waals surface area contributed by atoms with E-state index in [0.717, 1.165) is 11.1 Å². The lowest BCUT2D eigenvalue weighted by Crippen LogP contribution is -2.18. The molecule has 0 saturated carbocycles. The van der Waals surface area contributed by atoms with Gasteiger partial charge in [-0.25, -0.2) is 9.78 Å². The van der Waals surface area contributed by atoms with E-state index in [0.29, 0.717) is 23.4 Å². The fourth-order valence-corrected chi connectivity index (χ4v) is 3.33. The van der Waals surface area contributed by atoms with Crippen molar-refractivity contribution in [2.75, 3.05) is 0 Å². The van der Waals surface area contributed by atoms with E-state index in [1.54, 1.807) is 35.2 Å². The third kappa shape index (κ3) is 3.46. The van der Waals surface area contributed by atoms with Crippen LogP contribution in [0.4, 0.5) is 0 Å². The molecule has 1 unspecified atom stereocenters. The van der Waals surface area contributed by atoms with Crippen LogP contribution in [0.2, 0.25) is 0 Å². The molecule has 150 valence electrons. The van der Waals surface area contributed by atoms with E-state index in [4.69, 9.17) is 0 Å². The SMILES string of the molecule is CCC(O)c1ccc(-c2cccc(-n3cc(C(=O)O)c(=O)c4cccnc43)c2)cn1. The summed E-state index contributed by atoms with van der Waals surface area (Å²) < 4.78 is 1.60. The van der Waals surface area contributed by atoms with Crippen LogP contribution in [0.3, 0.4) is 0 Å². The number of aliphatic hydroxyl groups excluding tert-OH is 1. The van der Waals surface area contributed by atoms with Gasteiger partial charge in [0, 0.05) is 29.8 Å². The molecular weight excluding hydrogens is 382 g/mol. The highest BCUT2D eigenvalue weighted by atomic mass is 16.4. The minimum atomic E-state index is -1.29. The van der Waals surface area contributed by atoms with Gasteiger partial charge in [-0.3, -0.25) is 9.78 Å². The Hall–Kier alpha value is -3.84. The van der Waals surface area contributed by atoms with Crippen LogP contribution in [0.1, 0.15) is 35.5 Å². The minimum absolute atomic E-state index is 0.238. The first-order valence-electron chi connectivity index (χ1n) is 9.48. The van der Waals surface area contributed by atoms with Crippen molar-refractivity contribution in [2.24, 2.45) is 0 Å². The zero-order valence-corrected chi connectivity index (χ0v) is 16.2. The molecule has 7 heteroatoms.